The SMILES string of the molecule is CO/C=C(/C(=O)NC(=O)N(C)C)c1ccccc1Oc1cc(=S)nc[nH]1. The first-order chi connectivity index (χ1) is 12.4. The zero-order chi connectivity index (χ0) is 19.1. The molecule has 2 aromatic rings. The second-order valence-electron chi connectivity index (χ2n) is 5.27. The Morgan fingerprint density at radius 2 is 2.04 bits per heavy atom. The van der Waals surface area contributed by atoms with Crippen LogP contribution >= 0.6 is 12.2 Å². The van der Waals surface area contributed by atoms with E-state index in [4.69, 9.17) is 21.7 Å². The van der Waals surface area contributed by atoms with Crippen LogP contribution in [-0.2, 0) is 9.53 Å². The van der Waals surface area contributed by atoms with Crippen molar-refractivity contribution in [3.8, 4) is 11.6 Å². The summed E-state index contributed by atoms with van der Waals surface area (Å²) in [6.45, 7) is 0. The van der Waals surface area contributed by atoms with Crippen molar-refractivity contribution < 1.29 is 19.1 Å². The average molecular weight is 374 g/mol. The highest BCUT2D eigenvalue weighted by Crippen LogP contribution is 2.29. The van der Waals surface area contributed by atoms with Crippen molar-refractivity contribution in [2.45, 2.75) is 0 Å². The van der Waals surface area contributed by atoms with E-state index in [0.29, 0.717) is 21.8 Å². The van der Waals surface area contributed by atoms with Crippen LogP contribution in [0.1, 0.15) is 5.56 Å². The molecule has 2 N–H and O–H groups in total. The first-order valence-corrected chi connectivity index (χ1v) is 7.90. The molecule has 3 amide bonds. The molecule has 0 saturated carbocycles. The Kier molecular flexibility index (Phi) is 6.45. The lowest BCUT2D eigenvalue weighted by atomic mass is 10.1. The number of hydrogen-bond donors (Lipinski definition) is 2. The number of para-hydroxylation sites is 1. The predicted octanol–water partition coefficient (Wildman–Crippen LogP) is 2.72. The monoisotopic (exact) mass is 374 g/mol. The van der Waals surface area contributed by atoms with E-state index in [9.17, 15) is 9.59 Å². The fourth-order valence-corrected chi connectivity index (χ4v) is 2.10. The molecule has 0 saturated heterocycles. The van der Waals surface area contributed by atoms with Crippen molar-refractivity contribution in [3.05, 3.63) is 53.1 Å². The number of ether oxygens (including phenoxy) is 2. The van der Waals surface area contributed by atoms with E-state index in [-0.39, 0.29) is 5.57 Å². The minimum absolute atomic E-state index is 0.131. The number of hydrogen-bond acceptors (Lipinski definition) is 6. The minimum atomic E-state index is -0.621. The van der Waals surface area contributed by atoms with E-state index in [0.717, 1.165) is 0 Å². The number of carbonyl (C=O) groups excluding carboxylic acids is 2. The number of methoxy groups -OCH3 is 1. The van der Waals surface area contributed by atoms with Gasteiger partial charge in [-0.15, -0.1) is 0 Å². The molecule has 0 unspecified atom stereocenters. The molecule has 1 aromatic heterocycles. The quantitative estimate of drug-likeness (QED) is 0.475. The standard InChI is InChI=1S/C17H18N4O4S/c1-21(2)17(23)20-16(22)12(9-24-3)11-6-4-5-7-13(11)25-14-8-15(26)19-10-18-14/h4-10H,1-3H3,(H,18,19,26)(H,20,22,23)/b12-9+. The van der Waals surface area contributed by atoms with Gasteiger partial charge >= 0.3 is 6.03 Å². The molecule has 0 aliphatic rings. The minimum Gasteiger partial charge on any atom is -0.504 e. The Labute approximate surface area is 155 Å². The van der Waals surface area contributed by atoms with Crippen LogP contribution in [0, 0.1) is 4.64 Å². The summed E-state index contributed by atoms with van der Waals surface area (Å²) in [5, 5.41) is 2.27. The lowest BCUT2D eigenvalue weighted by molar-refractivity contribution is -0.114. The Bertz CT molecular complexity index is 892. The molecule has 1 heterocycles. The van der Waals surface area contributed by atoms with E-state index in [2.05, 4.69) is 15.3 Å². The summed E-state index contributed by atoms with van der Waals surface area (Å²) in [5.41, 5.74) is 0.570. The van der Waals surface area contributed by atoms with Gasteiger partial charge in [-0.05, 0) is 6.07 Å². The van der Waals surface area contributed by atoms with Gasteiger partial charge in [0.25, 0.3) is 5.91 Å². The maximum Gasteiger partial charge on any atom is 0.323 e. The molecule has 0 aliphatic carbocycles. The molecule has 1 aromatic carbocycles. The zero-order valence-electron chi connectivity index (χ0n) is 14.5. The van der Waals surface area contributed by atoms with Crippen LogP contribution in [0.25, 0.3) is 5.57 Å². The maximum absolute atomic E-state index is 12.5. The first-order valence-electron chi connectivity index (χ1n) is 7.50. The van der Waals surface area contributed by atoms with E-state index >= 15 is 0 Å². The molecule has 0 radical (unpaired) electrons. The lowest BCUT2D eigenvalue weighted by Gasteiger charge is -2.15. The van der Waals surface area contributed by atoms with Crippen LogP contribution < -0.4 is 10.1 Å². The van der Waals surface area contributed by atoms with Gasteiger partial charge in [0, 0.05) is 25.7 Å². The third-order valence-corrected chi connectivity index (χ3v) is 3.38. The van der Waals surface area contributed by atoms with Gasteiger partial charge in [-0.2, -0.15) is 0 Å². The highest BCUT2D eigenvalue weighted by Gasteiger charge is 2.20. The third-order valence-electron chi connectivity index (χ3n) is 3.16. The summed E-state index contributed by atoms with van der Waals surface area (Å²) in [7, 11) is 4.47. The topological polar surface area (TPSA) is 96.6 Å². The summed E-state index contributed by atoms with van der Waals surface area (Å²) in [6.07, 6.45) is 2.66. The van der Waals surface area contributed by atoms with Gasteiger partial charge in [0.15, 0.2) is 0 Å². The number of nitrogens with one attached hydrogen (secondary N) is 2. The maximum atomic E-state index is 12.5. The normalized spacial score (nSPS) is 10.8. The number of benzene rings is 1. The van der Waals surface area contributed by atoms with Gasteiger partial charge in [-0.3, -0.25) is 10.1 Å². The predicted molar refractivity (Wildman–Crippen MR) is 98.1 cm³/mol. The Balaban J connectivity index is 2.38. The van der Waals surface area contributed by atoms with Crippen LogP contribution in [-0.4, -0.2) is 48.0 Å². The average Bonchev–Trinajstić information content (AvgIpc) is 2.60. The van der Waals surface area contributed by atoms with Gasteiger partial charge in [-0.25, -0.2) is 9.78 Å². The molecule has 26 heavy (non-hydrogen) atoms. The Morgan fingerprint density at radius 1 is 1.31 bits per heavy atom. The molecule has 0 aliphatic heterocycles. The van der Waals surface area contributed by atoms with Crippen molar-refractivity contribution in [3.63, 3.8) is 0 Å². The number of amides is 3. The van der Waals surface area contributed by atoms with E-state index in [1.54, 1.807) is 30.3 Å². The fraction of sp³-hybridized carbons (Fsp3) is 0.176. The molecule has 136 valence electrons. The number of imide groups is 1. The van der Waals surface area contributed by atoms with E-state index in [1.165, 1.54) is 38.7 Å². The van der Waals surface area contributed by atoms with Crippen molar-refractivity contribution in [1.82, 2.24) is 20.2 Å². The Hall–Kier alpha value is -3.20. The van der Waals surface area contributed by atoms with Crippen molar-refractivity contribution in [2.24, 2.45) is 0 Å². The molecule has 0 bridgehead atoms. The molecule has 9 heteroatoms. The second-order valence-corrected chi connectivity index (χ2v) is 5.69. The third kappa shape index (κ3) is 4.90. The van der Waals surface area contributed by atoms with Gasteiger partial charge in [0.1, 0.15) is 10.4 Å². The lowest BCUT2D eigenvalue weighted by Crippen LogP contribution is -2.39. The number of rotatable bonds is 5. The molecular formula is C17H18N4O4S. The van der Waals surface area contributed by atoms with Crippen LogP contribution in [0.3, 0.4) is 0 Å². The summed E-state index contributed by atoms with van der Waals surface area (Å²) < 4.78 is 11.2. The summed E-state index contributed by atoms with van der Waals surface area (Å²) >= 11 is 5.01. The zero-order valence-corrected chi connectivity index (χ0v) is 15.3. The summed E-state index contributed by atoms with van der Waals surface area (Å²) in [4.78, 5) is 32.2. The number of urea groups is 1. The largest absolute Gasteiger partial charge is 0.504 e. The number of aromatic nitrogens is 2. The van der Waals surface area contributed by atoms with Crippen molar-refractivity contribution >= 4 is 29.7 Å². The number of H-pyrrole nitrogens is 1. The summed E-state index contributed by atoms with van der Waals surface area (Å²) in [5.74, 6) is 0.114. The van der Waals surface area contributed by atoms with Crippen LogP contribution in [0.5, 0.6) is 11.6 Å². The van der Waals surface area contributed by atoms with E-state index in [1.807, 2.05) is 0 Å². The molecule has 0 fully saturated rings. The van der Waals surface area contributed by atoms with Gasteiger partial charge in [-0.1, -0.05) is 30.4 Å². The first kappa shape index (κ1) is 19.1. The van der Waals surface area contributed by atoms with Gasteiger partial charge in [0.05, 0.1) is 25.3 Å². The van der Waals surface area contributed by atoms with E-state index < -0.39 is 11.9 Å². The molecule has 2 rings (SSSR count). The number of nitrogens with zero attached hydrogens (tertiary/aromatic N) is 2. The van der Waals surface area contributed by atoms with Crippen LogP contribution in [0.4, 0.5) is 4.79 Å². The highest BCUT2D eigenvalue weighted by molar-refractivity contribution is 7.71. The highest BCUT2D eigenvalue weighted by atomic mass is 32.1. The molecule has 8 nitrogen and oxygen atoms in total. The smallest absolute Gasteiger partial charge is 0.323 e. The number of carbonyl (C=O) groups is 2. The fourth-order valence-electron chi connectivity index (χ4n) is 1.94. The summed E-state index contributed by atoms with van der Waals surface area (Å²) in [6, 6.07) is 7.84. The Morgan fingerprint density at radius 3 is 2.69 bits per heavy atom. The number of aromatic amines is 1. The molecule has 0 spiro atoms. The van der Waals surface area contributed by atoms with Gasteiger partial charge in [0.2, 0.25) is 5.88 Å². The van der Waals surface area contributed by atoms with Gasteiger partial charge < -0.3 is 19.4 Å². The molecule has 0 atom stereocenters. The van der Waals surface area contributed by atoms with Crippen molar-refractivity contribution in [2.75, 3.05) is 21.2 Å². The molecular weight excluding hydrogens is 356 g/mol. The van der Waals surface area contributed by atoms with Crippen LogP contribution in [0.15, 0.2) is 42.9 Å². The second kappa shape index (κ2) is 8.77. The van der Waals surface area contributed by atoms with Crippen LogP contribution in [0.2, 0.25) is 0 Å². The van der Waals surface area contributed by atoms with Crippen molar-refractivity contribution in [1.29, 1.82) is 0 Å².